The Morgan fingerprint density at radius 1 is 0.826 bits per heavy atom. The smallest absolute Gasteiger partial charge is 0.229 e. The van der Waals surface area contributed by atoms with Gasteiger partial charge in [0.25, 0.3) is 0 Å². The second-order valence-corrected chi connectivity index (χ2v) is 6.26. The maximum Gasteiger partial charge on any atom is 0.229 e. The molecule has 0 unspecified atom stereocenters. The Labute approximate surface area is 144 Å². The third-order valence-electron chi connectivity index (χ3n) is 3.25. The number of benzene rings is 2. The molecule has 3 aromatic rings. The van der Waals surface area contributed by atoms with Crippen LogP contribution in [-0.2, 0) is 0 Å². The number of hydrogen-bond acceptors (Lipinski definition) is 4. The van der Waals surface area contributed by atoms with Crippen LogP contribution in [0.25, 0.3) is 0 Å². The van der Waals surface area contributed by atoms with Gasteiger partial charge >= 0.3 is 0 Å². The highest BCUT2D eigenvalue weighted by atomic mass is 79.9. The van der Waals surface area contributed by atoms with E-state index in [1.807, 2.05) is 49.4 Å². The number of aryl methyl sites for hydroxylation is 2. The van der Waals surface area contributed by atoms with Crippen LogP contribution in [0.5, 0.6) is 0 Å². The van der Waals surface area contributed by atoms with Gasteiger partial charge in [-0.2, -0.15) is 4.98 Å². The van der Waals surface area contributed by atoms with Crippen LogP contribution in [0.4, 0.5) is 23.1 Å². The quantitative estimate of drug-likeness (QED) is 0.652. The molecule has 1 heterocycles. The molecular formula is C18H17BrN4. The molecule has 0 radical (unpaired) electrons. The van der Waals surface area contributed by atoms with E-state index in [-0.39, 0.29) is 0 Å². The summed E-state index contributed by atoms with van der Waals surface area (Å²) in [6, 6.07) is 18.0. The molecule has 0 bridgehead atoms. The van der Waals surface area contributed by atoms with Gasteiger partial charge in [-0.3, -0.25) is 0 Å². The number of nitrogens with zero attached hydrogens (tertiary/aromatic N) is 2. The van der Waals surface area contributed by atoms with Crippen LogP contribution in [0.2, 0.25) is 0 Å². The van der Waals surface area contributed by atoms with Crippen LogP contribution in [0.3, 0.4) is 0 Å². The van der Waals surface area contributed by atoms with Crippen molar-refractivity contribution in [2.75, 3.05) is 10.6 Å². The molecule has 0 atom stereocenters. The van der Waals surface area contributed by atoms with Gasteiger partial charge in [-0.05, 0) is 55.8 Å². The summed E-state index contributed by atoms with van der Waals surface area (Å²) in [4.78, 5) is 8.97. The van der Waals surface area contributed by atoms with Crippen molar-refractivity contribution in [1.82, 2.24) is 9.97 Å². The standard InChI is InChI=1S/C18H17BrN4/c1-12-4-3-5-16(10-12)21-17-11-13(2)20-18(23-17)22-15-8-6-14(19)7-9-15/h3-11H,1-2H3,(H2,20,21,22,23). The van der Waals surface area contributed by atoms with Gasteiger partial charge < -0.3 is 10.6 Å². The van der Waals surface area contributed by atoms with Gasteiger partial charge in [0.2, 0.25) is 5.95 Å². The van der Waals surface area contributed by atoms with E-state index in [1.54, 1.807) is 0 Å². The molecule has 0 fully saturated rings. The van der Waals surface area contributed by atoms with Gasteiger partial charge in [0, 0.05) is 27.6 Å². The van der Waals surface area contributed by atoms with Crippen molar-refractivity contribution in [3.8, 4) is 0 Å². The molecule has 0 aliphatic carbocycles. The van der Waals surface area contributed by atoms with Gasteiger partial charge in [-0.1, -0.05) is 28.1 Å². The molecule has 1 aromatic heterocycles. The average Bonchev–Trinajstić information content (AvgIpc) is 2.49. The first-order valence-electron chi connectivity index (χ1n) is 7.30. The summed E-state index contributed by atoms with van der Waals surface area (Å²) in [6.45, 7) is 4.02. The SMILES string of the molecule is Cc1cccc(Nc2cc(C)nc(Nc3ccc(Br)cc3)n2)c1. The van der Waals surface area contributed by atoms with Crippen molar-refractivity contribution in [3.63, 3.8) is 0 Å². The molecule has 4 nitrogen and oxygen atoms in total. The van der Waals surface area contributed by atoms with Crippen molar-refractivity contribution >= 4 is 39.1 Å². The normalized spacial score (nSPS) is 10.4. The largest absolute Gasteiger partial charge is 0.340 e. The molecule has 3 rings (SSSR count). The first kappa shape index (κ1) is 15.5. The Bertz CT molecular complexity index is 816. The van der Waals surface area contributed by atoms with Crippen LogP contribution in [-0.4, -0.2) is 9.97 Å². The predicted molar refractivity (Wildman–Crippen MR) is 98.7 cm³/mol. The van der Waals surface area contributed by atoms with Crippen LogP contribution >= 0.6 is 15.9 Å². The van der Waals surface area contributed by atoms with Gasteiger partial charge in [0.15, 0.2) is 0 Å². The zero-order chi connectivity index (χ0) is 16.2. The number of nitrogens with one attached hydrogen (secondary N) is 2. The molecule has 0 spiro atoms. The fourth-order valence-electron chi connectivity index (χ4n) is 2.22. The topological polar surface area (TPSA) is 49.8 Å². The van der Waals surface area contributed by atoms with Crippen LogP contribution < -0.4 is 10.6 Å². The van der Waals surface area contributed by atoms with Gasteiger partial charge in [-0.25, -0.2) is 4.98 Å². The zero-order valence-electron chi connectivity index (χ0n) is 13.0. The molecular weight excluding hydrogens is 352 g/mol. The summed E-state index contributed by atoms with van der Waals surface area (Å²) in [6.07, 6.45) is 0. The Morgan fingerprint density at radius 3 is 2.35 bits per heavy atom. The van der Waals surface area contributed by atoms with Crippen molar-refractivity contribution < 1.29 is 0 Å². The minimum absolute atomic E-state index is 0.572. The maximum absolute atomic E-state index is 4.53. The lowest BCUT2D eigenvalue weighted by atomic mass is 10.2. The molecule has 0 saturated carbocycles. The molecule has 0 aliphatic heterocycles. The number of hydrogen-bond donors (Lipinski definition) is 2. The number of rotatable bonds is 4. The molecule has 2 N–H and O–H groups in total. The molecule has 0 amide bonds. The minimum atomic E-state index is 0.572. The molecule has 116 valence electrons. The molecule has 0 saturated heterocycles. The van der Waals surface area contributed by atoms with E-state index in [0.717, 1.165) is 27.4 Å². The van der Waals surface area contributed by atoms with Crippen molar-refractivity contribution in [1.29, 1.82) is 0 Å². The fraction of sp³-hybridized carbons (Fsp3) is 0.111. The highest BCUT2D eigenvalue weighted by Gasteiger charge is 2.04. The van der Waals surface area contributed by atoms with Crippen LogP contribution in [0.1, 0.15) is 11.3 Å². The van der Waals surface area contributed by atoms with Gasteiger partial charge in [0.1, 0.15) is 5.82 Å². The summed E-state index contributed by atoms with van der Waals surface area (Å²) in [5.74, 6) is 1.34. The highest BCUT2D eigenvalue weighted by Crippen LogP contribution is 2.21. The van der Waals surface area contributed by atoms with E-state index in [1.165, 1.54) is 5.56 Å². The Hall–Kier alpha value is -2.40. The number of anilines is 4. The molecule has 5 heteroatoms. The van der Waals surface area contributed by atoms with Gasteiger partial charge in [-0.15, -0.1) is 0 Å². The third-order valence-corrected chi connectivity index (χ3v) is 3.77. The highest BCUT2D eigenvalue weighted by molar-refractivity contribution is 9.10. The first-order valence-corrected chi connectivity index (χ1v) is 8.10. The van der Waals surface area contributed by atoms with E-state index in [0.29, 0.717) is 5.95 Å². The Balaban J connectivity index is 1.82. The molecule has 2 aromatic carbocycles. The Kier molecular flexibility index (Phi) is 4.57. The summed E-state index contributed by atoms with van der Waals surface area (Å²) in [7, 11) is 0. The average molecular weight is 369 g/mol. The number of aromatic nitrogens is 2. The lowest BCUT2D eigenvalue weighted by Gasteiger charge is -2.10. The summed E-state index contributed by atoms with van der Waals surface area (Å²) >= 11 is 3.43. The second kappa shape index (κ2) is 6.79. The van der Waals surface area contributed by atoms with Crippen molar-refractivity contribution in [2.45, 2.75) is 13.8 Å². The van der Waals surface area contributed by atoms with Crippen molar-refractivity contribution in [3.05, 3.63) is 70.3 Å². The first-order chi connectivity index (χ1) is 11.1. The number of halogens is 1. The lowest BCUT2D eigenvalue weighted by molar-refractivity contribution is 1.11. The zero-order valence-corrected chi connectivity index (χ0v) is 14.6. The monoisotopic (exact) mass is 368 g/mol. The van der Waals surface area contributed by atoms with E-state index in [9.17, 15) is 0 Å². The molecule has 23 heavy (non-hydrogen) atoms. The minimum Gasteiger partial charge on any atom is -0.340 e. The lowest BCUT2D eigenvalue weighted by Crippen LogP contribution is -2.02. The van der Waals surface area contributed by atoms with Crippen molar-refractivity contribution in [2.24, 2.45) is 0 Å². The summed E-state index contributed by atoms with van der Waals surface area (Å²) < 4.78 is 1.04. The fourth-order valence-corrected chi connectivity index (χ4v) is 2.49. The van der Waals surface area contributed by atoms with Crippen LogP contribution in [0.15, 0.2) is 59.1 Å². The molecule has 0 aliphatic rings. The van der Waals surface area contributed by atoms with E-state index < -0.39 is 0 Å². The summed E-state index contributed by atoms with van der Waals surface area (Å²) in [5.41, 5.74) is 4.06. The summed E-state index contributed by atoms with van der Waals surface area (Å²) in [5, 5.41) is 6.55. The predicted octanol–water partition coefficient (Wildman–Crippen LogP) is 5.34. The van der Waals surface area contributed by atoms with Gasteiger partial charge in [0.05, 0.1) is 0 Å². The van der Waals surface area contributed by atoms with E-state index in [4.69, 9.17) is 0 Å². The third kappa shape index (κ3) is 4.29. The van der Waals surface area contributed by atoms with E-state index >= 15 is 0 Å². The Morgan fingerprint density at radius 2 is 1.61 bits per heavy atom. The van der Waals surface area contributed by atoms with E-state index in [2.05, 4.69) is 55.6 Å². The second-order valence-electron chi connectivity index (χ2n) is 5.34. The van der Waals surface area contributed by atoms with Crippen LogP contribution in [0, 0.1) is 13.8 Å². The maximum atomic E-state index is 4.53.